The molecule has 0 aromatic heterocycles. The van der Waals surface area contributed by atoms with Gasteiger partial charge in [0.05, 0.1) is 16.9 Å². The Bertz CT molecular complexity index is 730. The Morgan fingerprint density at radius 3 is 2.72 bits per heavy atom. The molecule has 8 atom stereocenters. The summed E-state index contributed by atoms with van der Waals surface area (Å²) in [6.45, 7) is 8.07. The van der Waals surface area contributed by atoms with Crippen LogP contribution in [-0.2, 0) is 14.3 Å². The van der Waals surface area contributed by atoms with E-state index < -0.39 is 33.9 Å². The molecule has 5 fully saturated rings. The van der Waals surface area contributed by atoms with Crippen LogP contribution in [0.4, 0.5) is 0 Å². The predicted molar refractivity (Wildman–Crippen MR) is 88.4 cm³/mol. The maximum atomic E-state index is 12.9. The van der Waals surface area contributed by atoms with Gasteiger partial charge >= 0.3 is 11.9 Å². The lowest BCUT2D eigenvalue weighted by atomic mass is 9.56. The van der Waals surface area contributed by atoms with Gasteiger partial charge < -0.3 is 14.9 Å². The highest BCUT2D eigenvalue weighted by Crippen LogP contribution is 2.79. The number of rotatable bonds is 1. The first-order valence-corrected chi connectivity index (χ1v) is 9.49. The molecule has 2 N–H and O–H groups in total. The fourth-order valence-corrected chi connectivity index (χ4v) is 7.89. The molecule has 25 heavy (non-hydrogen) atoms. The zero-order chi connectivity index (χ0) is 18.0. The van der Waals surface area contributed by atoms with Crippen LogP contribution in [-0.4, -0.2) is 33.4 Å². The van der Waals surface area contributed by atoms with Gasteiger partial charge in [0.2, 0.25) is 0 Å². The second-order valence-corrected chi connectivity index (χ2v) is 9.67. The van der Waals surface area contributed by atoms with E-state index in [1.165, 1.54) is 0 Å². The normalized spacial score (nSPS) is 58.7. The maximum absolute atomic E-state index is 12.9. The minimum Gasteiger partial charge on any atom is -0.481 e. The Morgan fingerprint density at radius 1 is 1.32 bits per heavy atom. The fraction of sp³-hybridized carbons (Fsp3) is 0.800. The van der Waals surface area contributed by atoms with Gasteiger partial charge in [-0.1, -0.05) is 13.5 Å². The van der Waals surface area contributed by atoms with E-state index in [9.17, 15) is 19.8 Å². The highest BCUT2D eigenvalue weighted by molar-refractivity contribution is 5.85. The number of aliphatic carboxylic acids is 1. The molecule has 0 aromatic rings. The molecule has 5 nitrogen and oxygen atoms in total. The van der Waals surface area contributed by atoms with Gasteiger partial charge in [0.15, 0.2) is 0 Å². The molecule has 0 aromatic carbocycles. The molecule has 0 radical (unpaired) electrons. The summed E-state index contributed by atoms with van der Waals surface area (Å²) >= 11 is 0. The summed E-state index contributed by atoms with van der Waals surface area (Å²) in [6, 6.07) is 0. The molecule has 5 rings (SSSR count). The Labute approximate surface area is 147 Å². The van der Waals surface area contributed by atoms with E-state index in [0.717, 1.165) is 18.4 Å². The zero-order valence-corrected chi connectivity index (χ0v) is 14.9. The van der Waals surface area contributed by atoms with E-state index in [1.807, 2.05) is 6.92 Å². The van der Waals surface area contributed by atoms with E-state index in [-0.39, 0.29) is 23.7 Å². The number of hydrogen-bond acceptors (Lipinski definition) is 4. The average Bonchev–Trinajstić information content (AvgIpc) is 2.95. The van der Waals surface area contributed by atoms with Crippen molar-refractivity contribution in [2.45, 2.75) is 63.6 Å². The number of fused-ring (bicyclic) bond motifs is 1. The van der Waals surface area contributed by atoms with Crippen molar-refractivity contribution in [1.29, 1.82) is 0 Å². The Morgan fingerprint density at radius 2 is 2.04 bits per heavy atom. The monoisotopic (exact) mass is 346 g/mol. The number of aliphatic hydroxyl groups is 1. The molecule has 1 heterocycles. The second-order valence-electron chi connectivity index (χ2n) is 9.67. The lowest BCUT2D eigenvalue weighted by molar-refractivity contribution is -0.163. The number of carbonyl (C=O) groups is 2. The first-order valence-electron chi connectivity index (χ1n) is 9.49. The van der Waals surface area contributed by atoms with E-state index in [1.54, 1.807) is 0 Å². The topological polar surface area (TPSA) is 83.8 Å². The summed E-state index contributed by atoms with van der Waals surface area (Å²) < 4.78 is 6.12. The van der Waals surface area contributed by atoms with Crippen LogP contribution in [0.25, 0.3) is 0 Å². The molecule has 4 saturated carbocycles. The molecular weight excluding hydrogens is 320 g/mol. The highest BCUT2D eigenvalue weighted by Gasteiger charge is 2.83. The zero-order valence-electron chi connectivity index (χ0n) is 14.9. The summed E-state index contributed by atoms with van der Waals surface area (Å²) in [7, 11) is 0. The summed E-state index contributed by atoms with van der Waals surface area (Å²) in [6.07, 6.45) is 3.96. The molecule has 136 valence electrons. The van der Waals surface area contributed by atoms with Crippen LogP contribution in [0.5, 0.6) is 0 Å². The first kappa shape index (κ1) is 15.9. The molecule has 4 bridgehead atoms. The molecule has 1 saturated heterocycles. The van der Waals surface area contributed by atoms with Crippen molar-refractivity contribution in [3.63, 3.8) is 0 Å². The lowest BCUT2D eigenvalue weighted by Gasteiger charge is -2.46. The van der Waals surface area contributed by atoms with Crippen LogP contribution in [0.15, 0.2) is 12.2 Å². The number of carboxylic acid groups (broad SMARTS) is 1. The average molecular weight is 346 g/mol. The van der Waals surface area contributed by atoms with Gasteiger partial charge in [-0.2, -0.15) is 0 Å². The van der Waals surface area contributed by atoms with Crippen LogP contribution in [0.3, 0.4) is 0 Å². The number of esters is 1. The van der Waals surface area contributed by atoms with Gasteiger partial charge in [-0.25, -0.2) is 0 Å². The minimum atomic E-state index is -0.940. The van der Waals surface area contributed by atoms with E-state index in [2.05, 4.69) is 13.5 Å². The van der Waals surface area contributed by atoms with Crippen LogP contribution in [0.1, 0.15) is 52.4 Å². The van der Waals surface area contributed by atoms with Crippen molar-refractivity contribution in [2.75, 3.05) is 0 Å². The summed E-state index contributed by atoms with van der Waals surface area (Å²) in [5.74, 6) is -1.86. The summed E-state index contributed by atoms with van der Waals surface area (Å²) in [5.41, 5.74) is -2.09. The lowest BCUT2D eigenvalue weighted by Crippen LogP contribution is -2.50. The summed E-state index contributed by atoms with van der Waals surface area (Å²) in [4.78, 5) is 25.4. The van der Waals surface area contributed by atoms with Crippen molar-refractivity contribution in [2.24, 2.45) is 34.5 Å². The van der Waals surface area contributed by atoms with Gasteiger partial charge in [0.1, 0.15) is 5.60 Å². The smallest absolute Gasteiger partial charge is 0.313 e. The number of carbonyl (C=O) groups excluding carboxylic acids is 1. The van der Waals surface area contributed by atoms with Crippen LogP contribution < -0.4 is 0 Å². The first-order chi connectivity index (χ1) is 11.6. The molecule has 1 spiro atoms. The molecule has 1 aliphatic heterocycles. The number of ether oxygens (including phenoxy) is 1. The molecule has 5 heteroatoms. The Balaban J connectivity index is 1.76. The molecule has 4 aliphatic carbocycles. The van der Waals surface area contributed by atoms with Crippen LogP contribution in [0.2, 0.25) is 0 Å². The standard InChI is InChI=1S/C20H26O5/c1-10-4-7-20-12-5-6-19(24)9-18(12,8-11(19)2)13(15(21)22)14(20)17(10,3)16(23)25-20/h10,12-14,24H,2,4-9H2,1,3H3,(H,21,22)/t10-,12?,13?,14?,17+,18+,19+,20-/m1/s1. The van der Waals surface area contributed by atoms with Gasteiger partial charge in [0, 0.05) is 11.8 Å². The quantitative estimate of drug-likeness (QED) is 0.563. The highest BCUT2D eigenvalue weighted by atomic mass is 16.6. The third-order valence-corrected chi connectivity index (χ3v) is 9.06. The van der Waals surface area contributed by atoms with Crippen LogP contribution >= 0.6 is 0 Å². The second kappa shape index (κ2) is 4.13. The van der Waals surface area contributed by atoms with E-state index in [0.29, 0.717) is 25.7 Å². The molecular formula is C20H26O5. The predicted octanol–water partition coefficient (Wildman–Crippen LogP) is 2.53. The minimum absolute atomic E-state index is 0.0175. The van der Waals surface area contributed by atoms with Crippen molar-refractivity contribution in [1.82, 2.24) is 0 Å². The fourth-order valence-electron chi connectivity index (χ4n) is 7.89. The van der Waals surface area contributed by atoms with Gasteiger partial charge in [0.25, 0.3) is 0 Å². The molecule has 0 amide bonds. The third-order valence-electron chi connectivity index (χ3n) is 9.06. The largest absolute Gasteiger partial charge is 0.481 e. The Hall–Kier alpha value is -1.36. The van der Waals surface area contributed by atoms with Crippen molar-refractivity contribution in [3.05, 3.63) is 12.2 Å². The summed E-state index contributed by atoms with van der Waals surface area (Å²) in [5, 5.41) is 21.2. The molecule has 5 aliphatic rings. The van der Waals surface area contributed by atoms with Gasteiger partial charge in [-0.15, -0.1) is 0 Å². The maximum Gasteiger partial charge on any atom is 0.313 e. The van der Waals surface area contributed by atoms with Gasteiger partial charge in [-0.3, -0.25) is 9.59 Å². The van der Waals surface area contributed by atoms with E-state index >= 15 is 0 Å². The third kappa shape index (κ3) is 1.41. The van der Waals surface area contributed by atoms with Crippen LogP contribution in [0, 0.1) is 34.5 Å². The van der Waals surface area contributed by atoms with Crippen molar-refractivity contribution < 1.29 is 24.5 Å². The van der Waals surface area contributed by atoms with E-state index in [4.69, 9.17) is 4.74 Å². The SMILES string of the molecule is C=C1C[C@]23C[C@@]1(O)CCC2[C@@]12CC[C@@H](C)[C@](C)(C(=O)O1)C2C3C(=O)O. The number of hydrogen-bond donors (Lipinski definition) is 2. The van der Waals surface area contributed by atoms with Gasteiger partial charge in [-0.05, 0) is 62.4 Å². The Kier molecular flexibility index (Phi) is 2.62. The van der Waals surface area contributed by atoms with Crippen molar-refractivity contribution in [3.8, 4) is 0 Å². The van der Waals surface area contributed by atoms with Crippen molar-refractivity contribution >= 4 is 11.9 Å². The molecule has 3 unspecified atom stereocenters. The number of carboxylic acids is 1.